The third kappa shape index (κ3) is 18.4. The molecule has 0 spiro atoms. The largest absolute Gasteiger partial charge is 0.396 e. The molecule has 0 aliphatic rings. The standard InChI is InChI=1S/C20H20N4O.C18H20N4O.C10H12N4O.C8H9Br.C8H18O3.2CH4/c1-12-19(14(3)25-23-12)17-10-18-20(21-11-17)22-15(4)24(18)13(2)16-8-6-5-7-9-16;1-11(14-7-5-4-6-8-14)21-16-9-15(10-20-18(16)19)17-12(2)22-23-13(17)3;1-5-9(6(2)15-14-5)7-3-8(11)10(12)13-4-7;1-7(9)8-5-3-2-4-6-8;1-5-9-8(4,10-6-2)11-7-3;;/h5-11,13H,1-4H3;4-11,21H,1-3H3,(H2,19,20);3-4H,11H2,1-2H3,(H2,12,13);2-7H,1H3;5-7H2,1-4H3;2*1H4. The van der Waals surface area contributed by atoms with E-state index < -0.39 is 5.97 Å². The van der Waals surface area contributed by atoms with Crippen molar-refractivity contribution in [2.45, 2.75) is 135 Å². The number of hydrogen-bond donors (Lipinski definition) is 4. The van der Waals surface area contributed by atoms with Crippen molar-refractivity contribution in [2.75, 3.05) is 42.3 Å². The van der Waals surface area contributed by atoms with Gasteiger partial charge in [0.15, 0.2) is 5.65 Å². The number of nitrogens with one attached hydrogen (secondary N) is 1. The van der Waals surface area contributed by atoms with Crippen LogP contribution in [0.3, 0.4) is 0 Å². The fourth-order valence-corrected chi connectivity index (χ4v) is 9.63. The molecule has 0 aliphatic heterocycles. The van der Waals surface area contributed by atoms with Gasteiger partial charge in [0.1, 0.15) is 34.7 Å². The van der Waals surface area contributed by atoms with Gasteiger partial charge in [-0.05, 0) is 125 Å². The second-order valence-corrected chi connectivity index (χ2v) is 21.0. The van der Waals surface area contributed by atoms with Crippen LogP contribution < -0.4 is 22.5 Å². The molecule has 85 heavy (non-hydrogen) atoms. The average Bonchev–Trinajstić information content (AvgIpc) is 3.69. The van der Waals surface area contributed by atoms with Gasteiger partial charge in [0.2, 0.25) is 0 Å². The molecule has 0 saturated heterocycles. The molecule has 10 aromatic rings. The van der Waals surface area contributed by atoms with Crippen LogP contribution in [0.25, 0.3) is 44.5 Å². The lowest BCUT2D eigenvalue weighted by molar-refractivity contribution is -0.365. The lowest BCUT2D eigenvalue weighted by Crippen LogP contribution is -2.35. The molecular weight excluding hydrogens is 1140 g/mol. The zero-order valence-corrected chi connectivity index (χ0v) is 51.7. The van der Waals surface area contributed by atoms with Gasteiger partial charge in [0, 0.05) is 89.6 Å². The number of aromatic nitrogens is 8. The topological polar surface area (TPSA) is 252 Å². The SMILES string of the molecule is C.C.CC(Br)c1ccccc1.CCOC(C)(OCC)OCC.Cc1noc(C)c1-c1cnc(N)c(N)c1.Cc1noc(C)c1-c1cnc(N)c(NC(C)c2ccccc2)c1.Cc1noc(C)c1-c1cnc2nc(C)n(C(C)c3ccccc3)c2c1. The van der Waals surface area contributed by atoms with Crippen LogP contribution in [0, 0.1) is 48.5 Å². The van der Waals surface area contributed by atoms with Crippen molar-refractivity contribution in [3.63, 3.8) is 0 Å². The molecule has 10 rings (SSSR count). The number of nitrogens with zero attached hydrogens (tertiary/aromatic N) is 8. The summed E-state index contributed by atoms with van der Waals surface area (Å²) in [7, 11) is 0. The molecule has 0 radical (unpaired) electrons. The molecule has 0 bridgehead atoms. The first-order valence-electron chi connectivity index (χ1n) is 27.6. The Morgan fingerprint density at radius 1 is 0.553 bits per heavy atom. The fraction of sp³-hybridized carbons (Fsp3) is 0.348. The Morgan fingerprint density at radius 3 is 1.35 bits per heavy atom. The van der Waals surface area contributed by atoms with Gasteiger partial charge in [-0.25, -0.2) is 19.9 Å². The first-order valence-corrected chi connectivity index (χ1v) is 28.5. The Bertz CT molecular complexity index is 3530. The molecular formula is C66H87BrN12O6. The van der Waals surface area contributed by atoms with Gasteiger partial charge >= 0.3 is 0 Å². The molecule has 7 aromatic heterocycles. The number of nitrogen functional groups attached to an aromatic ring is 3. The van der Waals surface area contributed by atoms with Crippen LogP contribution in [-0.2, 0) is 14.2 Å². The molecule has 0 saturated carbocycles. The smallest absolute Gasteiger partial charge is 0.279 e. The van der Waals surface area contributed by atoms with Gasteiger partial charge in [0.25, 0.3) is 5.97 Å². The monoisotopic (exact) mass is 1220 g/mol. The van der Waals surface area contributed by atoms with Gasteiger partial charge < -0.3 is 54.9 Å². The van der Waals surface area contributed by atoms with E-state index in [2.05, 4.69) is 137 Å². The summed E-state index contributed by atoms with van der Waals surface area (Å²) >= 11 is 3.48. The number of halogens is 1. The highest BCUT2D eigenvalue weighted by Gasteiger charge is 2.25. The van der Waals surface area contributed by atoms with Gasteiger partial charge in [-0.2, -0.15) is 0 Å². The van der Waals surface area contributed by atoms with E-state index in [1.807, 2.05) is 124 Å². The first kappa shape index (κ1) is 69.3. The van der Waals surface area contributed by atoms with E-state index in [0.717, 1.165) is 90.4 Å². The maximum Gasteiger partial charge on any atom is 0.279 e. The summed E-state index contributed by atoms with van der Waals surface area (Å²) in [5.74, 6) is 3.24. The Kier molecular flexibility index (Phi) is 26.7. The van der Waals surface area contributed by atoms with E-state index in [-0.39, 0.29) is 26.9 Å². The predicted molar refractivity (Wildman–Crippen MR) is 348 cm³/mol. The summed E-state index contributed by atoms with van der Waals surface area (Å²) in [6, 6.07) is 37.2. The van der Waals surface area contributed by atoms with Crippen molar-refractivity contribution >= 4 is 50.1 Å². The quantitative estimate of drug-likeness (QED) is 0.0550. The van der Waals surface area contributed by atoms with Crippen LogP contribution >= 0.6 is 15.9 Å². The number of pyridine rings is 3. The Hall–Kier alpha value is -8.23. The average molecular weight is 1220 g/mol. The molecule has 18 nitrogen and oxygen atoms in total. The molecule has 0 aliphatic carbocycles. The summed E-state index contributed by atoms with van der Waals surface area (Å²) in [5, 5.41) is 15.4. The lowest BCUT2D eigenvalue weighted by Gasteiger charge is -2.27. The lowest BCUT2D eigenvalue weighted by atomic mass is 10.0. The second-order valence-electron chi connectivity index (χ2n) is 19.6. The van der Waals surface area contributed by atoms with Crippen LogP contribution in [0.4, 0.5) is 23.0 Å². The number of anilines is 4. The highest BCUT2D eigenvalue weighted by atomic mass is 79.9. The number of nitrogens with two attached hydrogens (primary N) is 3. The van der Waals surface area contributed by atoms with Crippen molar-refractivity contribution in [1.82, 2.24) is 40.0 Å². The highest BCUT2D eigenvalue weighted by molar-refractivity contribution is 9.09. The zero-order valence-electron chi connectivity index (χ0n) is 50.1. The van der Waals surface area contributed by atoms with E-state index in [1.54, 1.807) is 25.4 Å². The number of fused-ring (bicyclic) bond motifs is 1. The van der Waals surface area contributed by atoms with Crippen molar-refractivity contribution < 1.29 is 27.8 Å². The van der Waals surface area contributed by atoms with Crippen LogP contribution in [0.2, 0.25) is 0 Å². The maximum atomic E-state index is 6.03. The number of rotatable bonds is 15. The summed E-state index contributed by atoms with van der Waals surface area (Å²) < 4.78 is 33.7. The van der Waals surface area contributed by atoms with Crippen LogP contribution in [-0.4, -0.2) is 65.8 Å². The minimum atomic E-state index is -0.849. The van der Waals surface area contributed by atoms with E-state index in [0.29, 0.717) is 42.0 Å². The molecule has 3 atom stereocenters. The zero-order chi connectivity index (χ0) is 60.4. The minimum Gasteiger partial charge on any atom is -0.396 e. The van der Waals surface area contributed by atoms with Gasteiger partial charge in [-0.3, -0.25) is 0 Å². The van der Waals surface area contributed by atoms with E-state index in [9.17, 15) is 0 Å². The van der Waals surface area contributed by atoms with E-state index >= 15 is 0 Å². The van der Waals surface area contributed by atoms with Crippen molar-refractivity contribution in [1.29, 1.82) is 0 Å². The number of hydrogen-bond acceptors (Lipinski definition) is 17. The van der Waals surface area contributed by atoms with Crippen LogP contribution in [0.1, 0.15) is 137 Å². The molecule has 3 unspecified atom stereocenters. The van der Waals surface area contributed by atoms with E-state index in [1.165, 1.54) is 16.7 Å². The maximum absolute atomic E-state index is 6.03. The minimum absolute atomic E-state index is 0. The molecule has 3 aromatic carbocycles. The number of imidazole rings is 1. The number of ether oxygens (including phenoxy) is 3. The molecule has 454 valence electrons. The van der Waals surface area contributed by atoms with E-state index in [4.69, 9.17) is 45.0 Å². The first-order chi connectivity index (χ1) is 39.7. The third-order valence-corrected chi connectivity index (χ3v) is 13.9. The molecule has 7 heterocycles. The Labute approximate surface area is 510 Å². The number of benzene rings is 3. The normalized spacial score (nSPS) is 11.8. The Morgan fingerprint density at radius 2 is 0.953 bits per heavy atom. The summed E-state index contributed by atoms with van der Waals surface area (Å²) in [5.41, 5.74) is 32.3. The fourth-order valence-electron chi connectivity index (χ4n) is 9.33. The second kappa shape index (κ2) is 32.7. The number of alkyl halides is 1. The van der Waals surface area contributed by atoms with Crippen molar-refractivity contribution in [3.8, 4) is 33.4 Å². The summed E-state index contributed by atoms with van der Waals surface area (Å²) in [6.07, 6.45) is 5.26. The van der Waals surface area contributed by atoms with Crippen molar-refractivity contribution in [3.05, 3.63) is 185 Å². The van der Waals surface area contributed by atoms with Gasteiger partial charge in [0.05, 0.1) is 40.0 Å². The van der Waals surface area contributed by atoms with Crippen LogP contribution in [0.5, 0.6) is 0 Å². The third-order valence-electron chi connectivity index (χ3n) is 13.4. The highest BCUT2D eigenvalue weighted by Crippen LogP contribution is 2.34. The summed E-state index contributed by atoms with van der Waals surface area (Å²) in [6.45, 7) is 29.1. The van der Waals surface area contributed by atoms with Gasteiger partial charge in [-0.15, -0.1) is 0 Å². The molecule has 19 heteroatoms. The molecule has 0 fully saturated rings. The van der Waals surface area contributed by atoms with Crippen molar-refractivity contribution in [2.24, 2.45) is 0 Å². The number of aryl methyl sites for hydroxylation is 7. The summed E-state index contributed by atoms with van der Waals surface area (Å²) in [4.78, 5) is 18.0. The molecule has 0 amide bonds. The molecule has 7 N–H and O–H groups in total. The predicted octanol–water partition coefficient (Wildman–Crippen LogP) is 16.4. The Balaban J connectivity index is 0.000000238. The van der Waals surface area contributed by atoms with Gasteiger partial charge in [-0.1, -0.05) is 137 Å². The van der Waals surface area contributed by atoms with Crippen LogP contribution in [0.15, 0.2) is 141 Å².